The van der Waals surface area contributed by atoms with E-state index < -0.39 is 0 Å². The highest BCUT2D eigenvalue weighted by molar-refractivity contribution is 14.1. The third-order valence-corrected chi connectivity index (χ3v) is 4.47. The van der Waals surface area contributed by atoms with Crippen LogP contribution in [0.3, 0.4) is 0 Å². The zero-order valence-electron chi connectivity index (χ0n) is 13.5. The van der Waals surface area contributed by atoms with E-state index in [0.29, 0.717) is 17.9 Å². The summed E-state index contributed by atoms with van der Waals surface area (Å²) in [4.78, 5) is 12.7. The van der Waals surface area contributed by atoms with E-state index in [1.165, 1.54) is 5.01 Å². The molecule has 0 aliphatic carbocycles. The predicted molar refractivity (Wildman–Crippen MR) is 105 cm³/mol. The maximum atomic E-state index is 12.7. The molecular weight excluding hydrogens is 415 g/mol. The van der Waals surface area contributed by atoms with Gasteiger partial charge in [0.25, 0.3) is 5.91 Å². The molecule has 0 atom stereocenters. The Bertz CT molecular complexity index is 829. The highest BCUT2D eigenvalue weighted by Gasteiger charge is 2.28. The lowest BCUT2D eigenvalue weighted by Crippen LogP contribution is -2.21. The molecule has 0 spiro atoms. The van der Waals surface area contributed by atoms with Gasteiger partial charge >= 0.3 is 0 Å². The van der Waals surface area contributed by atoms with Gasteiger partial charge in [-0.05, 0) is 72.3 Å². The van der Waals surface area contributed by atoms with Crippen LogP contribution < -0.4 is 9.75 Å². The molecule has 1 amide bonds. The Morgan fingerprint density at radius 1 is 1.21 bits per heavy atom. The van der Waals surface area contributed by atoms with E-state index in [-0.39, 0.29) is 5.91 Å². The topological polar surface area (TPSA) is 41.9 Å². The summed E-state index contributed by atoms with van der Waals surface area (Å²) in [6.07, 6.45) is 1.88. The zero-order valence-corrected chi connectivity index (χ0v) is 15.6. The standard InChI is InChI=1S/C19H17IN2O2/c1-3-24-18-10-9-14(12-17(18)20)11-16-13(2)21-22(19(16)23)15-7-5-4-6-8-15/h4-12H,3H2,1-2H3/b16-11+. The number of hydrogen-bond donors (Lipinski definition) is 0. The lowest BCUT2D eigenvalue weighted by molar-refractivity contribution is -0.114. The maximum absolute atomic E-state index is 12.7. The van der Waals surface area contributed by atoms with Crippen molar-refractivity contribution < 1.29 is 9.53 Å². The van der Waals surface area contributed by atoms with Crippen LogP contribution in [0.1, 0.15) is 19.4 Å². The Kier molecular flexibility index (Phi) is 4.99. The zero-order chi connectivity index (χ0) is 17.1. The molecule has 4 nitrogen and oxygen atoms in total. The number of rotatable bonds is 4. The number of hydrogen-bond acceptors (Lipinski definition) is 3. The minimum Gasteiger partial charge on any atom is -0.493 e. The monoisotopic (exact) mass is 432 g/mol. The summed E-state index contributed by atoms with van der Waals surface area (Å²) in [6, 6.07) is 15.3. The molecule has 1 aliphatic heterocycles. The van der Waals surface area contributed by atoms with Crippen molar-refractivity contribution in [2.45, 2.75) is 13.8 Å². The number of anilines is 1. The van der Waals surface area contributed by atoms with Crippen LogP contribution in [0, 0.1) is 3.57 Å². The minimum atomic E-state index is -0.109. The van der Waals surface area contributed by atoms with Crippen LogP contribution in [0.2, 0.25) is 0 Å². The van der Waals surface area contributed by atoms with E-state index in [4.69, 9.17) is 4.74 Å². The lowest BCUT2D eigenvalue weighted by Gasteiger charge is -2.11. The van der Waals surface area contributed by atoms with Gasteiger partial charge in [0.05, 0.1) is 27.1 Å². The second kappa shape index (κ2) is 7.17. The second-order valence-electron chi connectivity index (χ2n) is 5.32. The number of hydrazone groups is 1. The van der Waals surface area contributed by atoms with Gasteiger partial charge in [0.2, 0.25) is 0 Å². The number of amides is 1. The molecule has 1 heterocycles. The van der Waals surface area contributed by atoms with Crippen LogP contribution in [0.5, 0.6) is 5.75 Å². The molecule has 24 heavy (non-hydrogen) atoms. The first-order chi connectivity index (χ1) is 11.6. The molecular formula is C19H17IN2O2. The first-order valence-corrected chi connectivity index (χ1v) is 8.77. The highest BCUT2D eigenvalue weighted by atomic mass is 127. The number of ether oxygens (including phenoxy) is 1. The number of nitrogens with zero attached hydrogens (tertiary/aromatic N) is 2. The number of carbonyl (C=O) groups is 1. The number of halogens is 1. The summed E-state index contributed by atoms with van der Waals surface area (Å²) in [6.45, 7) is 4.44. The maximum Gasteiger partial charge on any atom is 0.280 e. The summed E-state index contributed by atoms with van der Waals surface area (Å²) in [5.74, 6) is 0.747. The molecule has 1 aliphatic rings. The van der Waals surface area contributed by atoms with E-state index in [1.807, 2.05) is 68.5 Å². The van der Waals surface area contributed by atoms with Crippen LogP contribution >= 0.6 is 22.6 Å². The minimum absolute atomic E-state index is 0.109. The first kappa shape index (κ1) is 16.7. The molecule has 0 saturated carbocycles. The Hall–Kier alpha value is -2.15. The van der Waals surface area contributed by atoms with Crippen LogP contribution in [-0.4, -0.2) is 18.2 Å². The first-order valence-electron chi connectivity index (χ1n) is 7.69. The number of carbonyl (C=O) groups excluding carboxylic acids is 1. The molecule has 3 rings (SSSR count). The summed E-state index contributed by atoms with van der Waals surface area (Å²) in [7, 11) is 0. The molecule has 0 bridgehead atoms. The van der Waals surface area contributed by atoms with Gasteiger partial charge < -0.3 is 4.74 Å². The molecule has 0 fully saturated rings. The van der Waals surface area contributed by atoms with Crippen molar-refractivity contribution in [2.75, 3.05) is 11.6 Å². The fraction of sp³-hybridized carbons (Fsp3) is 0.158. The SMILES string of the molecule is CCOc1ccc(/C=C2/C(=O)N(c3ccccc3)N=C2C)cc1I. The number of benzene rings is 2. The molecule has 0 radical (unpaired) electrons. The van der Waals surface area contributed by atoms with E-state index >= 15 is 0 Å². The van der Waals surface area contributed by atoms with Crippen LogP contribution in [0.15, 0.2) is 59.2 Å². The van der Waals surface area contributed by atoms with Crippen molar-refractivity contribution in [3.63, 3.8) is 0 Å². The summed E-state index contributed by atoms with van der Waals surface area (Å²) < 4.78 is 6.57. The Labute approximate surface area is 155 Å². The highest BCUT2D eigenvalue weighted by Crippen LogP contribution is 2.27. The van der Waals surface area contributed by atoms with Gasteiger partial charge in [-0.15, -0.1) is 0 Å². The molecule has 0 N–H and O–H groups in total. The largest absolute Gasteiger partial charge is 0.493 e. The van der Waals surface area contributed by atoms with Gasteiger partial charge in [-0.25, -0.2) is 0 Å². The van der Waals surface area contributed by atoms with E-state index in [1.54, 1.807) is 0 Å². The fourth-order valence-electron chi connectivity index (χ4n) is 2.47. The third-order valence-electron chi connectivity index (χ3n) is 3.63. The third kappa shape index (κ3) is 3.36. The van der Waals surface area contributed by atoms with Gasteiger partial charge in [0.15, 0.2) is 0 Å². The van der Waals surface area contributed by atoms with E-state index in [9.17, 15) is 4.79 Å². The van der Waals surface area contributed by atoms with Crippen molar-refractivity contribution in [3.05, 3.63) is 63.2 Å². The Morgan fingerprint density at radius 2 is 1.96 bits per heavy atom. The molecule has 5 heteroatoms. The summed E-state index contributed by atoms with van der Waals surface area (Å²) >= 11 is 2.24. The molecule has 122 valence electrons. The summed E-state index contributed by atoms with van der Waals surface area (Å²) in [5, 5.41) is 5.84. The van der Waals surface area contributed by atoms with Crippen LogP contribution in [0.4, 0.5) is 5.69 Å². The lowest BCUT2D eigenvalue weighted by atomic mass is 10.1. The molecule has 2 aromatic rings. The van der Waals surface area contributed by atoms with Crippen molar-refractivity contribution in [1.29, 1.82) is 0 Å². The van der Waals surface area contributed by atoms with Crippen LogP contribution in [-0.2, 0) is 4.79 Å². The second-order valence-corrected chi connectivity index (χ2v) is 6.48. The Morgan fingerprint density at radius 3 is 2.62 bits per heavy atom. The van der Waals surface area contributed by atoms with Crippen molar-refractivity contribution >= 4 is 46.0 Å². The van der Waals surface area contributed by atoms with E-state index in [2.05, 4.69) is 27.7 Å². The van der Waals surface area contributed by atoms with Gasteiger partial charge in [0, 0.05) is 0 Å². The predicted octanol–water partition coefficient (Wildman–Crippen LogP) is 4.50. The van der Waals surface area contributed by atoms with Gasteiger partial charge in [-0.1, -0.05) is 24.3 Å². The van der Waals surface area contributed by atoms with Crippen LogP contribution in [0.25, 0.3) is 6.08 Å². The average molecular weight is 432 g/mol. The van der Waals surface area contributed by atoms with Gasteiger partial charge in [0.1, 0.15) is 5.75 Å². The molecule has 2 aromatic carbocycles. The molecule has 0 unspecified atom stereocenters. The Balaban J connectivity index is 1.90. The van der Waals surface area contributed by atoms with Gasteiger partial charge in [-0.3, -0.25) is 4.79 Å². The quantitative estimate of drug-likeness (QED) is 0.528. The average Bonchev–Trinajstić information content (AvgIpc) is 2.86. The summed E-state index contributed by atoms with van der Waals surface area (Å²) in [5.41, 5.74) is 3.05. The number of para-hydroxylation sites is 1. The fourth-order valence-corrected chi connectivity index (χ4v) is 3.17. The normalized spacial score (nSPS) is 15.8. The smallest absolute Gasteiger partial charge is 0.280 e. The van der Waals surface area contributed by atoms with Crippen molar-refractivity contribution in [2.24, 2.45) is 5.10 Å². The van der Waals surface area contributed by atoms with Crippen molar-refractivity contribution in [1.82, 2.24) is 0 Å². The van der Waals surface area contributed by atoms with Gasteiger partial charge in [-0.2, -0.15) is 10.1 Å². The van der Waals surface area contributed by atoms with E-state index in [0.717, 1.165) is 20.6 Å². The molecule has 0 aromatic heterocycles. The molecule has 0 saturated heterocycles. The van der Waals surface area contributed by atoms with Crippen molar-refractivity contribution in [3.8, 4) is 5.75 Å².